The molecule has 0 fully saturated rings. The van der Waals surface area contributed by atoms with Crippen molar-refractivity contribution in [3.63, 3.8) is 0 Å². The van der Waals surface area contributed by atoms with Crippen molar-refractivity contribution in [2.75, 3.05) is 20.6 Å². The summed E-state index contributed by atoms with van der Waals surface area (Å²) in [5.41, 5.74) is 2.87. The van der Waals surface area contributed by atoms with Crippen molar-refractivity contribution >= 4 is 5.91 Å². The number of nitrogens with zero attached hydrogens (tertiary/aromatic N) is 1. The van der Waals surface area contributed by atoms with Crippen molar-refractivity contribution in [1.82, 2.24) is 10.2 Å². The minimum absolute atomic E-state index is 0.0154. The first-order valence-corrected chi connectivity index (χ1v) is 8.49. The largest absolute Gasteiger partial charge is 0.350 e. The maximum Gasteiger partial charge on any atom is 0.251 e. The van der Waals surface area contributed by atoms with E-state index in [1.807, 2.05) is 43.3 Å². The number of rotatable bonds is 5. The second-order valence-electron chi connectivity index (χ2n) is 7.57. The van der Waals surface area contributed by atoms with E-state index in [0.29, 0.717) is 12.1 Å². The highest BCUT2D eigenvalue weighted by molar-refractivity contribution is 5.94. The number of amides is 1. The third kappa shape index (κ3) is 5.13. The van der Waals surface area contributed by atoms with Crippen LogP contribution in [-0.4, -0.2) is 31.4 Å². The highest BCUT2D eigenvalue weighted by Gasteiger charge is 2.17. The van der Waals surface area contributed by atoms with E-state index in [1.165, 1.54) is 17.7 Å². The maximum atomic E-state index is 13.1. The van der Waals surface area contributed by atoms with Crippen LogP contribution >= 0.6 is 0 Å². The van der Waals surface area contributed by atoms with Crippen molar-refractivity contribution in [2.24, 2.45) is 0 Å². The van der Waals surface area contributed by atoms with Crippen LogP contribution in [0.1, 0.15) is 48.3 Å². The number of carbonyl (C=O) groups is 1. The van der Waals surface area contributed by atoms with Gasteiger partial charge in [-0.25, -0.2) is 4.39 Å². The molecule has 25 heavy (non-hydrogen) atoms. The van der Waals surface area contributed by atoms with Crippen LogP contribution in [0.5, 0.6) is 0 Å². The van der Waals surface area contributed by atoms with Crippen molar-refractivity contribution in [2.45, 2.75) is 32.2 Å². The first-order chi connectivity index (χ1) is 11.7. The molecule has 0 aliphatic rings. The standard InChI is InChI=1S/C21H27FN2O/c1-21(2,3)17-10-6-16(7-11-17)20(25)23-14-19(24(4)5)15-8-12-18(22)13-9-15/h6-13,19H,14H2,1-5H3,(H,23,25). The van der Waals surface area contributed by atoms with Gasteiger partial charge in [0.2, 0.25) is 0 Å². The molecule has 1 unspecified atom stereocenters. The SMILES string of the molecule is CN(C)C(CNC(=O)c1ccc(C(C)(C)C)cc1)c1ccc(F)cc1. The third-order valence-electron chi connectivity index (χ3n) is 4.35. The van der Waals surface area contributed by atoms with Crippen LogP contribution in [0.25, 0.3) is 0 Å². The molecular weight excluding hydrogens is 315 g/mol. The van der Waals surface area contributed by atoms with Gasteiger partial charge in [0.25, 0.3) is 5.91 Å². The minimum Gasteiger partial charge on any atom is -0.350 e. The van der Waals surface area contributed by atoms with Crippen LogP contribution in [-0.2, 0) is 5.41 Å². The van der Waals surface area contributed by atoms with Crippen LogP contribution < -0.4 is 5.32 Å². The Hall–Kier alpha value is -2.20. The van der Waals surface area contributed by atoms with Gasteiger partial charge in [0.15, 0.2) is 0 Å². The molecule has 3 nitrogen and oxygen atoms in total. The molecule has 0 aliphatic heterocycles. The van der Waals surface area contributed by atoms with Crippen molar-refractivity contribution in [3.05, 3.63) is 71.0 Å². The Morgan fingerprint density at radius 3 is 2.08 bits per heavy atom. The fourth-order valence-corrected chi connectivity index (χ4v) is 2.70. The molecule has 0 spiro atoms. The number of nitrogens with one attached hydrogen (secondary N) is 1. The Morgan fingerprint density at radius 1 is 1.04 bits per heavy atom. The van der Waals surface area contributed by atoms with Gasteiger partial charge in [-0.2, -0.15) is 0 Å². The van der Waals surface area contributed by atoms with Crippen LogP contribution in [0.15, 0.2) is 48.5 Å². The Labute approximate surface area is 149 Å². The summed E-state index contributed by atoms with van der Waals surface area (Å²) < 4.78 is 13.1. The van der Waals surface area contributed by atoms with Gasteiger partial charge in [0.05, 0.1) is 6.04 Å². The molecule has 2 aromatic rings. The fourth-order valence-electron chi connectivity index (χ4n) is 2.70. The molecule has 2 aromatic carbocycles. The zero-order valence-electron chi connectivity index (χ0n) is 15.6. The Morgan fingerprint density at radius 2 is 1.60 bits per heavy atom. The van der Waals surface area contributed by atoms with Crippen molar-refractivity contribution in [1.29, 1.82) is 0 Å². The lowest BCUT2D eigenvalue weighted by Gasteiger charge is -2.25. The summed E-state index contributed by atoms with van der Waals surface area (Å²) in [6, 6.07) is 14.1. The summed E-state index contributed by atoms with van der Waals surface area (Å²) in [5, 5.41) is 2.98. The zero-order valence-corrected chi connectivity index (χ0v) is 15.6. The lowest BCUT2D eigenvalue weighted by atomic mass is 9.87. The molecule has 134 valence electrons. The van der Waals surface area contributed by atoms with Gasteiger partial charge in [0, 0.05) is 12.1 Å². The molecule has 0 saturated heterocycles. The van der Waals surface area contributed by atoms with E-state index in [9.17, 15) is 9.18 Å². The number of carbonyl (C=O) groups excluding carboxylic acids is 1. The predicted molar refractivity (Wildman–Crippen MR) is 100 cm³/mol. The molecule has 1 amide bonds. The van der Waals surface area contributed by atoms with E-state index in [0.717, 1.165) is 5.56 Å². The first-order valence-electron chi connectivity index (χ1n) is 8.49. The van der Waals surface area contributed by atoms with E-state index in [2.05, 4.69) is 26.1 Å². The summed E-state index contributed by atoms with van der Waals surface area (Å²) in [7, 11) is 3.89. The van der Waals surface area contributed by atoms with E-state index < -0.39 is 0 Å². The average molecular weight is 342 g/mol. The number of hydrogen-bond acceptors (Lipinski definition) is 2. The quantitative estimate of drug-likeness (QED) is 0.885. The number of likely N-dealkylation sites (N-methyl/N-ethyl adjacent to an activating group) is 1. The summed E-state index contributed by atoms with van der Waals surface area (Å²) in [6.45, 7) is 6.89. The normalized spacial score (nSPS) is 12.9. The lowest BCUT2D eigenvalue weighted by molar-refractivity contribution is 0.0942. The molecule has 0 saturated carbocycles. The van der Waals surface area contributed by atoms with E-state index >= 15 is 0 Å². The first kappa shape index (κ1) is 19.1. The molecule has 1 atom stereocenters. The predicted octanol–water partition coefficient (Wildman–Crippen LogP) is 4.16. The fraction of sp³-hybridized carbons (Fsp3) is 0.381. The van der Waals surface area contributed by atoms with Crippen LogP contribution in [0.2, 0.25) is 0 Å². The number of benzene rings is 2. The van der Waals surface area contributed by atoms with Gasteiger partial charge in [-0.15, -0.1) is 0 Å². The second-order valence-corrected chi connectivity index (χ2v) is 7.57. The Balaban J connectivity index is 2.05. The molecule has 1 N–H and O–H groups in total. The number of hydrogen-bond donors (Lipinski definition) is 1. The average Bonchev–Trinajstić information content (AvgIpc) is 2.55. The van der Waals surface area contributed by atoms with Gasteiger partial charge in [-0.3, -0.25) is 4.79 Å². The molecule has 0 aliphatic carbocycles. The molecule has 0 radical (unpaired) electrons. The van der Waals surface area contributed by atoms with Crippen LogP contribution in [0.4, 0.5) is 4.39 Å². The summed E-state index contributed by atoms with van der Waals surface area (Å²) in [5.74, 6) is -0.362. The Kier molecular flexibility index (Phi) is 5.96. The third-order valence-corrected chi connectivity index (χ3v) is 4.35. The van der Waals surface area contributed by atoms with Crippen molar-refractivity contribution in [3.8, 4) is 0 Å². The van der Waals surface area contributed by atoms with Gasteiger partial charge in [0.1, 0.15) is 5.82 Å². The lowest BCUT2D eigenvalue weighted by Crippen LogP contribution is -2.34. The zero-order chi connectivity index (χ0) is 18.6. The number of halogens is 1. The topological polar surface area (TPSA) is 32.3 Å². The van der Waals surface area contributed by atoms with Crippen LogP contribution in [0.3, 0.4) is 0 Å². The van der Waals surface area contributed by atoms with Crippen molar-refractivity contribution < 1.29 is 9.18 Å². The van der Waals surface area contributed by atoms with Gasteiger partial charge < -0.3 is 10.2 Å². The van der Waals surface area contributed by atoms with Crippen LogP contribution in [0, 0.1) is 5.82 Å². The van der Waals surface area contributed by atoms with E-state index in [4.69, 9.17) is 0 Å². The van der Waals surface area contributed by atoms with E-state index in [-0.39, 0.29) is 23.2 Å². The monoisotopic (exact) mass is 342 g/mol. The Bertz CT molecular complexity index is 700. The highest BCUT2D eigenvalue weighted by Crippen LogP contribution is 2.22. The van der Waals surface area contributed by atoms with Gasteiger partial charge >= 0.3 is 0 Å². The maximum absolute atomic E-state index is 13.1. The molecule has 4 heteroatoms. The molecular formula is C21H27FN2O. The molecule has 0 aromatic heterocycles. The smallest absolute Gasteiger partial charge is 0.251 e. The summed E-state index contributed by atoms with van der Waals surface area (Å²) in [4.78, 5) is 14.4. The molecule has 0 heterocycles. The summed E-state index contributed by atoms with van der Waals surface area (Å²) >= 11 is 0. The minimum atomic E-state index is -0.260. The van der Waals surface area contributed by atoms with Gasteiger partial charge in [-0.1, -0.05) is 45.0 Å². The highest BCUT2D eigenvalue weighted by atomic mass is 19.1. The molecule has 2 rings (SSSR count). The summed E-state index contributed by atoms with van der Waals surface area (Å²) in [6.07, 6.45) is 0. The molecule has 0 bridgehead atoms. The van der Waals surface area contributed by atoms with E-state index in [1.54, 1.807) is 12.1 Å². The second kappa shape index (κ2) is 7.79. The van der Waals surface area contributed by atoms with Gasteiger partial charge in [-0.05, 0) is 54.9 Å².